The lowest BCUT2D eigenvalue weighted by Gasteiger charge is -2.06. The average molecular weight is 279 g/mol. The Bertz CT molecular complexity index is 515. The first-order chi connectivity index (χ1) is 8.79. The largest absolute Gasteiger partial charge is 0.494 e. The molecule has 0 saturated carbocycles. The third-order valence-corrected chi connectivity index (χ3v) is 2.35. The Labute approximate surface area is 118 Å². The highest BCUT2D eigenvalue weighted by Gasteiger charge is 2.05. The number of hydrogen-bond donors (Lipinski definition) is 1. The Morgan fingerprint density at radius 2 is 2.00 bits per heavy atom. The minimum atomic E-state index is -0.174. The number of ether oxygens (including phenoxy) is 1. The summed E-state index contributed by atoms with van der Waals surface area (Å²) in [5, 5.41) is 2.79. The second-order valence-electron chi connectivity index (χ2n) is 3.65. The number of pyridine rings is 1. The topological polar surface area (TPSA) is 51.2 Å². The quantitative estimate of drug-likeness (QED) is 0.935. The van der Waals surface area contributed by atoms with Crippen molar-refractivity contribution in [2.75, 3.05) is 11.9 Å². The number of rotatable bonds is 4. The molecule has 0 spiro atoms. The normalized spacial score (nSPS) is 9.32. The van der Waals surface area contributed by atoms with Crippen molar-refractivity contribution in [1.29, 1.82) is 0 Å². The van der Waals surface area contributed by atoms with Crippen molar-refractivity contribution in [2.45, 2.75) is 6.92 Å². The van der Waals surface area contributed by atoms with Crippen LogP contribution in [0.5, 0.6) is 5.75 Å². The lowest BCUT2D eigenvalue weighted by Crippen LogP contribution is -2.11. The van der Waals surface area contributed by atoms with Gasteiger partial charge in [0.15, 0.2) is 0 Å². The van der Waals surface area contributed by atoms with Crippen LogP contribution in [-0.2, 0) is 0 Å². The van der Waals surface area contributed by atoms with Crippen LogP contribution in [0.3, 0.4) is 0 Å². The highest BCUT2D eigenvalue weighted by atomic mass is 35.5. The van der Waals surface area contributed by atoms with Crippen LogP contribution in [0.4, 0.5) is 5.69 Å². The van der Waals surface area contributed by atoms with Crippen molar-refractivity contribution in [1.82, 2.24) is 4.98 Å². The monoisotopic (exact) mass is 278 g/mol. The maximum Gasteiger partial charge on any atom is 0.257 e. The van der Waals surface area contributed by atoms with Crippen LogP contribution in [0, 0.1) is 0 Å². The van der Waals surface area contributed by atoms with Crippen molar-refractivity contribution < 1.29 is 9.53 Å². The summed E-state index contributed by atoms with van der Waals surface area (Å²) in [6.07, 6.45) is 3.16. The molecule has 1 aromatic heterocycles. The maximum absolute atomic E-state index is 11.8. The van der Waals surface area contributed by atoms with Crippen LogP contribution in [-0.4, -0.2) is 17.5 Å². The van der Waals surface area contributed by atoms with Gasteiger partial charge in [-0.2, -0.15) is 0 Å². The molecule has 0 radical (unpaired) electrons. The Hall–Kier alpha value is -2.07. The van der Waals surface area contributed by atoms with Gasteiger partial charge in [-0.15, -0.1) is 12.4 Å². The van der Waals surface area contributed by atoms with Crippen molar-refractivity contribution in [3.63, 3.8) is 0 Å². The summed E-state index contributed by atoms with van der Waals surface area (Å²) < 4.78 is 5.33. The van der Waals surface area contributed by atoms with E-state index < -0.39 is 0 Å². The first-order valence-electron chi connectivity index (χ1n) is 5.74. The highest BCUT2D eigenvalue weighted by molar-refractivity contribution is 6.04. The minimum Gasteiger partial charge on any atom is -0.494 e. The number of benzene rings is 1. The summed E-state index contributed by atoms with van der Waals surface area (Å²) in [5.41, 5.74) is 1.26. The van der Waals surface area contributed by atoms with Crippen molar-refractivity contribution in [3.8, 4) is 5.75 Å². The second kappa shape index (κ2) is 7.38. The fraction of sp³-hybridized carbons (Fsp3) is 0.143. The molecule has 1 heterocycles. The van der Waals surface area contributed by atoms with Crippen LogP contribution in [0.1, 0.15) is 17.3 Å². The molecule has 0 aliphatic heterocycles. The van der Waals surface area contributed by atoms with Gasteiger partial charge in [0.2, 0.25) is 0 Å². The van der Waals surface area contributed by atoms with Crippen molar-refractivity contribution in [3.05, 3.63) is 54.4 Å². The third kappa shape index (κ3) is 4.26. The van der Waals surface area contributed by atoms with Crippen LogP contribution in [0.15, 0.2) is 48.8 Å². The Morgan fingerprint density at radius 1 is 1.26 bits per heavy atom. The fourth-order valence-electron chi connectivity index (χ4n) is 1.50. The molecular formula is C14H15ClN2O2. The van der Waals surface area contributed by atoms with E-state index in [0.717, 1.165) is 11.4 Å². The van der Waals surface area contributed by atoms with E-state index in [1.165, 1.54) is 6.20 Å². The Kier molecular flexibility index (Phi) is 5.82. The summed E-state index contributed by atoms with van der Waals surface area (Å²) >= 11 is 0. The van der Waals surface area contributed by atoms with E-state index in [9.17, 15) is 4.79 Å². The molecule has 19 heavy (non-hydrogen) atoms. The number of amides is 1. The number of hydrogen-bond acceptors (Lipinski definition) is 3. The Morgan fingerprint density at radius 3 is 2.58 bits per heavy atom. The van der Waals surface area contributed by atoms with Gasteiger partial charge in [0.1, 0.15) is 5.75 Å². The molecule has 0 saturated heterocycles. The van der Waals surface area contributed by atoms with Crippen LogP contribution in [0.2, 0.25) is 0 Å². The molecule has 1 aromatic carbocycles. The number of carbonyl (C=O) groups is 1. The third-order valence-electron chi connectivity index (χ3n) is 2.35. The summed E-state index contributed by atoms with van der Waals surface area (Å²) in [5.74, 6) is 0.615. The number of halogens is 1. The Balaban J connectivity index is 0.00000180. The van der Waals surface area contributed by atoms with E-state index >= 15 is 0 Å². The zero-order valence-electron chi connectivity index (χ0n) is 10.5. The predicted octanol–water partition coefficient (Wildman–Crippen LogP) is 3.15. The number of anilines is 1. The summed E-state index contributed by atoms with van der Waals surface area (Å²) in [6, 6.07) is 10.7. The van der Waals surface area contributed by atoms with E-state index in [1.54, 1.807) is 30.5 Å². The zero-order valence-corrected chi connectivity index (χ0v) is 11.3. The predicted molar refractivity (Wildman–Crippen MR) is 77.0 cm³/mol. The lowest BCUT2D eigenvalue weighted by atomic mass is 10.2. The zero-order chi connectivity index (χ0) is 12.8. The number of nitrogens with zero attached hydrogens (tertiary/aromatic N) is 1. The highest BCUT2D eigenvalue weighted by Crippen LogP contribution is 2.16. The molecule has 0 bridgehead atoms. The first-order valence-corrected chi connectivity index (χ1v) is 5.74. The lowest BCUT2D eigenvalue weighted by molar-refractivity contribution is 0.102. The molecule has 0 atom stereocenters. The molecule has 0 fully saturated rings. The van der Waals surface area contributed by atoms with Gasteiger partial charge < -0.3 is 10.1 Å². The molecule has 4 nitrogen and oxygen atoms in total. The number of carbonyl (C=O) groups excluding carboxylic acids is 1. The van der Waals surface area contributed by atoms with Crippen molar-refractivity contribution >= 4 is 24.0 Å². The second-order valence-corrected chi connectivity index (χ2v) is 3.65. The summed E-state index contributed by atoms with van der Waals surface area (Å²) in [4.78, 5) is 15.7. The number of nitrogens with one attached hydrogen (secondary N) is 1. The van der Waals surface area contributed by atoms with Gasteiger partial charge in [-0.1, -0.05) is 0 Å². The van der Waals surface area contributed by atoms with Gasteiger partial charge in [-0.05, 0) is 43.3 Å². The molecule has 2 rings (SSSR count). The standard InChI is InChI=1S/C14H14N2O2.ClH/c1-2-18-13-7-5-12(6-8-13)16-14(17)11-4-3-9-15-10-11;/h3-10H,2H2,1H3,(H,16,17);1H. The fourth-order valence-corrected chi connectivity index (χ4v) is 1.50. The molecular weight excluding hydrogens is 264 g/mol. The van der Waals surface area contributed by atoms with Gasteiger partial charge in [0.25, 0.3) is 5.91 Å². The van der Waals surface area contributed by atoms with Gasteiger partial charge in [-0.3, -0.25) is 9.78 Å². The molecule has 1 N–H and O–H groups in total. The van der Waals surface area contributed by atoms with Crippen LogP contribution in [0.25, 0.3) is 0 Å². The van der Waals surface area contributed by atoms with Gasteiger partial charge in [0, 0.05) is 18.1 Å². The van der Waals surface area contributed by atoms with Gasteiger partial charge >= 0.3 is 0 Å². The maximum atomic E-state index is 11.8. The average Bonchev–Trinajstić information content (AvgIpc) is 2.42. The minimum absolute atomic E-state index is 0. The molecule has 1 amide bonds. The van der Waals surface area contributed by atoms with E-state index in [-0.39, 0.29) is 18.3 Å². The van der Waals surface area contributed by atoms with E-state index in [1.807, 2.05) is 19.1 Å². The molecule has 0 aliphatic carbocycles. The number of aromatic nitrogens is 1. The molecule has 2 aromatic rings. The molecule has 0 aliphatic rings. The van der Waals surface area contributed by atoms with E-state index in [2.05, 4.69) is 10.3 Å². The summed E-state index contributed by atoms with van der Waals surface area (Å²) in [7, 11) is 0. The van der Waals surface area contributed by atoms with E-state index in [0.29, 0.717) is 12.2 Å². The molecule has 100 valence electrons. The van der Waals surface area contributed by atoms with E-state index in [4.69, 9.17) is 4.74 Å². The smallest absolute Gasteiger partial charge is 0.257 e. The first kappa shape index (κ1) is 15.0. The van der Waals surface area contributed by atoms with Crippen LogP contribution < -0.4 is 10.1 Å². The van der Waals surface area contributed by atoms with Gasteiger partial charge in [-0.25, -0.2) is 0 Å². The van der Waals surface area contributed by atoms with Crippen LogP contribution >= 0.6 is 12.4 Å². The van der Waals surface area contributed by atoms with Gasteiger partial charge in [0.05, 0.1) is 12.2 Å². The summed E-state index contributed by atoms with van der Waals surface area (Å²) in [6.45, 7) is 2.56. The molecule has 0 unspecified atom stereocenters. The van der Waals surface area contributed by atoms with Crippen molar-refractivity contribution in [2.24, 2.45) is 0 Å². The SMILES string of the molecule is CCOc1ccc(NC(=O)c2cccnc2)cc1.Cl. The molecule has 5 heteroatoms.